The minimum Gasteiger partial charge on any atom is -0.490 e. The number of carboxylic acids is 1. The number of nitrogens with one attached hydrogen (secondary N) is 1. The molecule has 0 saturated heterocycles. The van der Waals surface area contributed by atoms with Gasteiger partial charge < -0.3 is 14.6 Å². The number of aromatic nitrogens is 1. The van der Waals surface area contributed by atoms with Crippen molar-refractivity contribution in [1.29, 1.82) is 0 Å². The summed E-state index contributed by atoms with van der Waals surface area (Å²) in [6.45, 7) is 8.75. The van der Waals surface area contributed by atoms with Crippen LogP contribution in [0.4, 0.5) is 10.6 Å². The number of rotatable bonds is 4. The first kappa shape index (κ1) is 16.7. The van der Waals surface area contributed by atoms with Crippen LogP contribution < -0.4 is 10.1 Å². The quantitative estimate of drug-likeness (QED) is 0.886. The number of hydrogen-bond donors (Lipinski definition) is 2. The summed E-state index contributed by atoms with van der Waals surface area (Å²) in [5.41, 5.74) is -0.707. The number of ether oxygens (including phenoxy) is 2. The predicted molar refractivity (Wildman–Crippen MR) is 76.8 cm³/mol. The molecular formula is C14H20N2O5. The Kier molecular flexibility index (Phi) is 5.12. The van der Waals surface area contributed by atoms with Crippen LogP contribution in [0.15, 0.2) is 12.3 Å². The molecule has 0 aliphatic heterocycles. The lowest BCUT2D eigenvalue weighted by Gasteiger charge is -2.19. The van der Waals surface area contributed by atoms with Gasteiger partial charge in [-0.05, 0) is 34.6 Å². The van der Waals surface area contributed by atoms with E-state index in [4.69, 9.17) is 14.6 Å². The van der Waals surface area contributed by atoms with E-state index in [0.717, 1.165) is 6.20 Å². The normalized spacial score (nSPS) is 11.1. The first-order valence-corrected chi connectivity index (χ1v) is 6.48. The Morgan fingerprint density at radius 1 is 1.33 bits per heavy atom. The van der Waals surface area contributed by atoms with E-state index in [1.807, 2.05) is 0 Å². The highest BCUT2D eigenvalue weighted by atomic mass is 16.6. The minimum absolute atomic E-state index is 0.0709. The summed E-state index contributed by atoms with van der Waals surface area (Å²) in [6, 6.07) is 1.35. The van der Waals surface area contributed by atoms with Crippen LogP contribution in [-0.4, -0.2) is 33.9 Å². The van der Waals surface area contributed by atoms with Gasteiger partial charge in [-0.3, -0.25) is 5.32 Å². The molecule has 0 spiro atoms. The lowest BCUT2D eigenvalue weighted by Crippen LogP contribution is -2.27. The maximum Gasteiger partial charge on any atom is 0.413 e. The van der Waals surface area contributed by atoms with Gasteiger partial charge in [0.25, 0.3) is 0 Å². The van der Waals surface area contributed by atoms with Crippen LogP contribution in [0.1, 0.15) is 45.0 Å². The van der Waals surface area contributed by atoms with Crippen molar-refractivity contribution in [3.05, 3.63) is 17.8 Å². The Morgan fingerprint density at radius 3 is 2.43 bits per heavy atom. The number of hydrogen-bond acceptors (Lipinski definition) is 5. The Hall–Kier alpha value is -2.31. The first-order chi connectivity index (χ1) is 9.58. The molecule has 0 aliphatic rings. The number of amides is 1. The second-order valence-corrected chi connectivity index (χ2v) is 5.66. The van der Waals surface area contributed by atoms with Gasteiger partial charge in [0.1, 0.15) is 22.7 Å². The third-order valence-corrected chi connectivity index (χ3v) is 2.09. The molecule has 0 saturated carbocycles. The second kappa shape index (κ2) is 6.43. The standard InChI is InChI=1S/C14H20N2O5/c1-8(2)20-10-6-11(15-7-9(10)12(17)18)16-13(19)21-14(3,4)5/h6-8H,1-5H3,(H,17,18)(H,15,16,19). The maximum absolute atomic E-state index is 11.6. The van der Waals surface area contributed by atoms with Gasteiger partial charge in [-0.2, -0.15) is 0 Å². The molecular weight excluding hydrogens is 276 g/mol. The Morgan fingerprint density at radius 2 is 1.95 bits per heavy atom. The van der Waals surface area contributed by atoms with Crippen LogP contribution in [0.5, 0.6) is 5.75 Å². The zero-order valence-corrected chi connectivity index (χ0v) is 12.8. The van der Waals surface area contributed by atoms with Gasteiger partial charge in [0.05, 0.1) is 6.10 Å². The molecule has 1 rings (SSSR count). The number of carbonyl (C=O) groups is 2. The fourth-order valence-corrected chi connectivity index (χ4v) is 1.43. The van der Waals surface area contributed by atoms with Crippen molar-refractivity contribution in [2.75, 3.05) is 5.32 Å². The molecule has 0 aromatic carbocycles. The molecule has 0 aliphatic carbocycles. The van der Waals surface area contributed by atoms with Crippen LogP contribution in [0, 0.1) is 0 Å². The molecule has 0 unspecified atom stereocenters. The van der Waals surface area contributed by atoms with E-state index >= 15 is 0 Å². The van der Waals surface area contributed by atoms with Gasteiger partial charge >= 0.3 is 12.1 Å². The summed E-state index contributed by atoms with van der Waals surface area (Å²) in [7, 11) is 0. The molecule has 21 heavy (non-hydrogen) atoms. The fraction of sp³-hybridized carbons (Fsp3) is 0.500. The summed E-state index contributed by atoms with van der Waals surface area (Å²) < 4.78 is 10.5. The largest absolute Gasteiger partial charge is 0.490 e. The van der Waals surface area contributed by atoms with Crippen molar-refractivity contribution < 1.29 is 24.2 Å². The Bertz CT molecular complexity index is 535. The van der Waals surface area contributed by atoms with Crippen LogP contribution in [-0.2, 0) is 4.74 Å². The SMILES string of the molecule is CC(C)Oc1cc(NC(=O)OC(C)(C)C)ncc1C(=O)O. The molecule has 0 radical (unpaired) electrons. The summed E-state index contributed by atoms with van der Waals surface area (Å²) >= 11 is 0. The van der Waals surface area contributed by atoms with Crippen LogP contribution in [0.2, 0.25) is 0 Å². The first-order valence-electron chi connectivity index (χ1n) is 6.48. The summed E-state index contributed by atoms with van der Waals surface area (Å²) in [4.78, 5) is 26.6. The summed E-state index contributed by atoms with van der Waals surface area (Å²) in [5, 5.41) is 11.5. The number of nitrogens with zero attached hydrogens (tertiary/aromatic N) is 1. The van der Waals surface area contributed by atoms with Gasteiger partial charge in [-0.25, -0.2) is 14.6 Å². The fourth-order valence-electron chi connectivity index (χ4n) is 1.43. The van der Waals surface area contributed by atoms with E-state index in [2.05, 4.69) is 10.3 Å². The molecule has 7 nitrogen and oxygen atoms in total. The monoisotopic (exact) mass is 296 g/mol. The minimum atomic E-state index is -1.15. The van der Waals surface area contributed by atoms with E-state index in [1.54, 1.807) is 34.6 Å². The number of anilines is 1. The van der Waals surface area contributed by atoms with Crippen molar-refractivity contribution in [1.82, 2.24) is 4.98 Å². The van der Waals surface area contributed by atoms with Gasteiger partial charge in [-0.1, -0.05) is 0 Å². The molecule has 0 atom stereocenters. The summed E-state index contributed by atoms with van der Waals surface area (Å²) in [5.74, 6) is -0.856. The zero-order chi connectivity index (χ0) is 16.2. The van der Waals surface area contributed by atoms with Crippen LogP contribution in [0.3, 0.4) is 0 Å². The lowest BCUT2D eigenvalue weighted by atomic mass is 10.2. The van der Waals surface area contributed by atoms with E-state index in [9.17, 15) is 9.59 Å². The third kappa shape index (κ3) is 5.68. The highest BCUT2D eigenvalue weighted by Gasteiger charge is 2.19. The van der Waals surface area contributed by atoms with E-state index in [0.29, 0.717) is 0 Å². The average Bonchev–Trinajstić information content (AvgIpc) is 2.24. The van der Waals surface area contributed by atoms with Crippen molar-refractivity contribution in [2.45, 2.75) is 46.3 Å². The van der Waals surface area contributed by atoms with Crippen molar-refractivity contribution >= 4 is 17.9 Å². The smallest absolute Gasteiger partial charge is 0.413 e. The highest BCUT2D eigenvalue weighted by Crippen LogP contribution is 2.23. The van der Waals surface area contributed by atoms with Crippen molar-refractivity contribution in [3.8, 4) is 5.75 Å². The molecule has 1 amide bonds. The van der Waals surface area contributed by atoms with Gasteiger partial charge in [0.15, 0.2) is 0 Å². The maximum atomic E-state index is 11.6. The van der Waals surface area contributed by atoms with Crippen molar-refractivity contribution in [2.24, 2.45) is 0 Å². The molecule has 0 bridgehead atoms. The van der Waals surface area contributed by atoms with E-state index < -0.39 is 17.7 Å². The van der Waals surface area contributed by atoms with E-state index in [-0.39, 0.29) is 23.2 Å². The second-order valence-electron chi connectivity index (χ2n) is 5.66. The molecule has 2 N–H and O–H groups in total. The molecule has 1 aromatic heterocycles. The Labute approximate surface area is 123 Å². The molecule has 116 valence electrons. The molecule has 7 heteroatoms. The summed E-state index contributed by atoms with van der Waals surface area (Å²) in [6.07, 6.45) is 0.251. The van der Waals surface area contributed by atoms with Crippen LogP contribution in [0.25, 0.3) is 0 Å². The van der Waals surface area contributed by atoms with Crippen molar-refractivity contribution in [3.63, 3.8) is 0 Å². The van der Waals surface area contributed by atoms with Crippen LogP contribution >= 0.6 is 0 Å². The number of pyridine rings is 1. The predicted octanol–water partition coefficient (Wildman–Crippen LogP) is 2.91. The lowest BCUT2D eigenvalue weighted by molar-refractivity contribution is 0.0634. The van der Waals surface area contributed by atoms with E-state index in [1.165, 1.54) is 6.07 Å². The van der Waals surface area contributed by atoms with Gasteiger partial charge in [0, 0.05) is 12.3 Å². The van der Waals surface area contributed by atoms with Gasteiger partial charge in [0.2, 0.25) is 0 Å². The number of aromatic carboxylic acids is 1. The zero-order valence-electron chi connectivity index (χ0n) is 12.8. The number of carboxylic acid groups (broad SMARTS) is 1. The van der Waals surface area contributed by atoms with Gasteiger partial charge in [-0.15, -0.1) is 0 Å². The molecule has 1 aromatic rings. The highest BCUT2D eigenvalue weighted by molar-refractivity contribution is 5.92. The Balaban J connectivity index is 2.94. The third-order valence-electron chi connectivity index (χ3n) is 2.09. The number of carbonyl (C=O) groups excluding carboxylic acids is 1. The topological polar surface area (TPSA) is 97.8 Å². The average molecular weight is 296 g/mol. The molecule has 1 heterocycles. The molecule has 0 fully saturated rings.